The number of hydrogen-bond acceptors (Lipinski definition) is 4. The lowest BCUT2D eigenvalue weighted by Gasteiger charge is -2.05. The van der Waals surface area contributed by atoms with Gasteiger partial charge in [-0.1, -0.05) is 22.0 Å². The van der Waals surface area contributed by atoms with Crippen molar-refractivity contribution in [2.75, 3.05) is 23.5 Å². The minimum Gasteiger partial charge on any atom is -0.399 e. The molecule has 96 valence electrons. The van der Waals surface area contributed by atoms with Gasteiger partial charge in [-0.3, -0.25) is 4.21 Å². The Morgan fingerprint density at radius 3 is 2.59 bits per heavy atom. The fourth-order valence-electron chi connectivity index (χ4n) is 1.17. The molecule has 1 atom stereocenters. The molecule has 1 aromatic rings. The zero-order valence-corrected chi connectivity index (χ0v) is 12.6. The fourth-order valence-corrected chi connectivity index (χ4v) is 4.59. The van der Waals surface area contributed by atoms with Gasteiger partial charge in [0, 0.05) is 38.7 Å². The van der Waals surface area contributed by atoms with Gasteiger partial charge in [0.15, 0.2) is 0 Å². The first-order valence-corrected chi connectivity index (χ1v) is 9.19. The molecule has 0 radical (unpaired) electrons. The van der Waals surface area contributed by atoms with E-state index in [1.807, 2.05) is 0 Å². The van der Waals surface area contributed by atoms with Gasteiger partial charge in [0.2, 0.25) is 0 Å². The molecule has 1 unspecified atom stereocenters. The Morgan fingerprint density at radius 2 is 2.06 bits per heavy atom. The number of halogens is 1. The lowest BCUT2D eigenvalue weighted by molar-refractivity contribution is 0.602. The average molecular weight is 340 g/mol. The van der Waals surface area contributed by atoms with Gasteiger partial charge in [-0.2, -0.15) is 0 Å². The number of rotatable bonds is 5. The standard InChI is InChI=1S/C10H14BrNO3S2/c1-17(14,15)5-4-16(13)7-8-2-3-9(12)6-10(8)11/h2-3,6H,4-5,7,12H2,1H3. The molecule has 0 saturated heterocycles. The molecule has 0 heterocycles. The molecule has 0 saturated carbocycles. The van der Waals surface area contributed by atoms with Crippen LogP contribution in [0.1, 0.15) is 5.56 Å². The van der Waals surface area contributed by atoms with E-state index in [0.717, 1.165) is 16.3 Å². The van der Waals surface area contributed by atoms with E-state index in [4.69, 9.17) is 5.73 Å². The van der Waals surface area contributed by atoms with Crippen molar-refractivity contribution in [2.24, 2.45) is 0 Å². The molecule has 2 N–H and O–H groups in total. The summed E-state index contributed by atoms with van der Waals surface area (Å²) < 4.78 is 34.4. The third-order valence-electron chi connectivity index (χ3n) is 2.08. The van der Waals surface area contributed by atoms with Crippen LogP contribution >= 0.6 is 15.9 Å². The summed E-state index contributed by atoms with van der Waals surface area (Å²) in [5.74, 6) is 0.443. The number of nitrogens with two attached hydrogens (primary N) is 1. The Morgan fingerprint density at radius 1 is 1.41 bits per heavy atom. The third kappa shape index (κ3) is 5.65. The summed E-state index contributed by atoms with van der Waals surface area (Å²) in [5, 5.41) is 0. The van der Waals surface area contributed by atoms with Crippen LogP contribution in [0.3, 0.4) is 0 Å². The van der Waals surface area contributed by atoms with Crippen molar-refractivity contribution >= 4 is 42.3 Å². The van der Waals surface area contributed by atoms with Crippen molar-refractivity contribution < 1.29 is 12.6 Å². The first-order chi connectivity index (χ1) is 7.78. The molecular formula is C10H14BrNO3S2. The highest BCUT2D eigenvalue weighted by Gasteiger charge is 2.09. The first-order valence-electron chi connectivity index (χ1n) is 4.84. The first kappa shape index (κ1) is 14.7. The molecule has 17 heavy (non-hydrogen) atoms. The van der Waals surface area contributed by atoms with Gasteiger partial charge in [-0.15, -0.1) is 0 Å². The molecule has 1 aromatic carbocycles. The maximum Gasteiger partial charge on any atom is 0.148 e. The molecule has 0 fully saturated rings. The predicted octanol–water partition coefficient (Wildman–Crippen LogP) is 1.32. The Bertz CT molecular complexity index is 528. The van der Waals surface area contributed by atoms with E-state index in [0.29, 0.717) is 11.4 Å². The van der Waals surface area contributed by atoms with Crippen LogP contribution in [-0.4, -0.2) is 30.4 Å². The van der Waals surface area contributed by atoms with Gasteiger partial charge >= 0.3 is 0 Å². The van der Waals surface area contributed by atoms with Crippen LogP contribution in [-0.2, 0) is 26.4 Å². The number of anilines is 1. The van der Waals surface area contributed by atoms with Gasteiger partial charge in [0.25, 0.3) is 0 Å². The Labute approximate surface area is 112 Å². The minimum absolute atomic E-state index is 0.0494. The monoisotopic (exact) mass is 339 g/mol. The van der Waals surface area contributed by atoms with Crippen LogP contribution in [0.25, 0.3) is 0 Å². The van der Waals surface area contributed by atoms with Crippen LogP contribution in [0, 0.1) is 0 Å². The van der Waals surface area contributed by atoms with Gasteiger partial charge in [-0.25, -0.2) is 8.42 Å². The van der Waals surface area contributed by atoms with E-state index in [-0.39, 0.29) is 11.5 Å². The maximum atomic E-state index is 11.7. The summed E-state index contributed by atoms with van der Waals surface area (Å²) in [6.07, 6.45) is 1.14. The molecule has 0 aliphatic rings. The zero-order valence-electron chi connectivity index (χ0n) is 9.35. The SMILES string of the molecule is CS(=O)(=O)CCS(=O)Cc1ccc(N)cc1Br. The quantitative estimate of drug-likeness (QED) is 0.821. The molecule has 0 bridgehead atoms. The van der Waals surface area contributed by atoms with Crippen LogP contribution < -0.4 is 5.73 Å². The second-order valence-corrected chi connectivity index (χ2v) is 8.46. The summed E-state index contributed by atoms with van der Waals surface area (Å²) in [5.41, 5.74) is 7.08. The number of nitrogen functional groups attached to an aromatic ring is 1. The van der Waals surface area contributed by atoms with Gasteiger partial charge in [0.1, 0.15) is 9.84 Å². The second kappa shape index (κ2) is 5.97. The van der Waals surface area contributed by atoms with Crippen LogP contribution in [0.4, 0.5) is 5.69 Å². The smallest absolute Gasteiger partial charge is 0.148 e. The van der Waals surface area contributed by atoms with Crippen molar-refractivity contribution in [3.63, 3.8) is 0 Å². The molecule has 4 nitrogen and oxygen atoms in total. The van der Waals surface area contributed by atoms with Gasteiger partial charge in [0.05, 0.1) is 5.75 Å². The van der Waals surface area contributed by atoms with Gasteiger partial charge in [-0.05, 0) is 17.7 Å². The van der Waals surface area contributed by atoms with E-state index in [1.54, 1.807) is 18.2 Å². The Kier molecular flexibility index (Phi) is 5.15. The van der Waals surface area contributed by atoms with Crippen LogP contribution in [0.2, 0.25) is 0 Å². The third-order valence-corrected chi connectivity index (χ3v) is 5.31. The Balaban J connectivity index is 2.62. The normalized spacial score (nSPS) is 13.5. The fraction of sp³-hybridized carbons (Fsp3) is 0.400. The lowest BCUT2D eigenvalue weighted by Crippen LogP contribution is -2.12. The van der Waals surface area contributed by atoms with E-state index in [2.05, 4.69) is 15.9 Å². The molecule has 0 aromatic heterocycles. The van der Waals surface area contributed by atoms with E-state index in [9.17, 15) is 12.6 Å². The average Bonchev–Trinajstić information content (AvgIpc) is 2.18. The zero-order chi connectivity index (χ0) is 13.1. The highest BCUT2D eigenvalue weighted by Crippen LogP contribution is 2.21. The van der Waals surface area contributed by atoms with Crippen molar-refractivity contribution in [1.29, 1.82) is 0 Å². The number of sulfone groups is 1. The van der Waals surface area contributed by atoms with E-state index in [1.165, 1.54) is 0 Å². The van der Waals surface area contributed by atoms with Crippen molar-refractivity contribution in [2.45, 2.75) is 5.75 Å². The molecule has 0 aliphatic carbocycles. The molecular weight excluding hydrogens is 326 g/mol. The molecule has 0 amide bonds. The minimum atomic E-state index is -3.05. The van der Waals surface area contributed by atoms with E-state index >= 15 is 0 Å². The van der Waals surface area contributed by atoms with Crippen LogP contribution in [0.5, 0.6) is 0 Å². The summed E-state index contributed by atoms with van der Waals surface area (Å²) in [6.45, 7) is 0. The highest BCUT2D eigenvalue weighted by atomic mass is 79.9. The highest BCUT2D eigenvalue weighted by molar-refractivity contribution is 9.10. The number of hydrogen-bond donors (Lipinski definition) is 1. The van der Waals surface area contributed by atoms with Gasteiger partial charge < -0.3 is 5.73 Å². The van der Waals surface area contributed by atoms with Crippen molar-refractivity contribution in [3.05, 3.63) is 28.2 Å². The predicted molar refractivity (Wildman–Crippen MR) is 75.0 cm³/mol. The van der Waals surface area contributed by atoms with Crippen molar-refractivity contribution in [1.82, 2.24) is 0 Å². The molecule has 1 rings (SSSR count). The largest absolute Gasteiger partial charge is 0.399 e. The maximum absolute atomic E-state index is 11.7. The lowest BCUT2D eigenvalue weighted by atomic mass is 10.2. The summed E-state index contributed by atoms with van der Waals surface area (Å²) in [4.78, 5) is 0. The molecule has 0 aliphatic heterocycles. The topological polar surface area (TPSA) is 77.2 Å². The summed E-state index contributed by atoms with van der Waals surface area (Å²) in [7, 11) is -4.24. The van der Waals surface area contributed by atoms with Crippen LogP contribution in [0.15, 0.2) is 22.7 Å². The summed E-state index contributed by atoms with van der Waals surface area (Å²) in [6, 6.07) is 5.26. The van der Waals surface area contributed by atoms with E-state index < -0.39 is 20.6 Å². The van der Waals surface area contributed by atoms with Crippen molar-refractivity contribution in [3.8, 4) is 0 Å². The Hall–Kier alpha value is -0.400. The molecule has 0 spiro atoms. The molecule has 7 heteroatoms. The second-order valence-electron chi connectivity index (χ2n) is 3.77. The number of benzene rings is 1. The summed E-state index contributed by atoms with van der Waals surface area (Å²) >= 11 is 3.33.